The van der Waals surface area contributed by atoms with Crippen molar-refractivity contribution in [1.29, 1.82) is 0 Å². The minimum atomic E-state index is -0.0443. The third-order valence-electron chi connectivity index (χ3n) is 5.67. The number of nitrogens with zero attached hydrogens (tertiary/aromatic N) is 3. The summed E-state index contributed by atoms with van der Waals surface area (Å²) in [6.07, 6.45) is 3.30. The number of amides is 2. The summed E-state index contributed by atoms with van der Waals surface area (Å²) in [5.74, 6) is 0.540. The molecular weight excluding hydrogens is 342 g/mol. The lowest BCUT2D eigenvalue weighted by atomic mass is 10.0. The highest BCUT2D eigenvalue weighted by Gasteiger charge is 2.35. The predicted octanol–water partition coefficient (Wildman–Crippen LogP) is 2.49. The van der Waals surface area contributed by atoms with Crippen LogP contribution in [0.2, 0.25) is 0 Å². The summed E-state index contributed by atoms with van der Waals surface area (Å²) < 4.78 is 5.22. The van der Waals surface area contributed by atoms with E-state index in [-0.39, 0.29) is 11.8 Å². The third-order valence-corrected chi connectivity index (χ3v) is 5.67. The van der Waals surface area contributed by atoms with Crippen LogP contribution < -0.4 is 0 Å². The van der Waals surface area contributed by atoms with Crippen LogP contribution in [0.3, 0.4) is 0 Å². The van der Waals surface area contributed by atoms with Gasteiger partial charge in [0.25, 0.3) is 5.91 Å². The average Bonchev–Trinajstić information content (AvgIpc) is 3.34. The van der Waals surface area contributed by atoms with Crippen LogP contribution in [0.1, 0.15) is 34.5 Å². The molecule has 0 aliphatic carbocycles. The Morgan fingerprint density at radius 2 is 1.93 bits per heavy atom. The maximum atomic E-state index is 12.5. The van der Waals surface area contributed by atoms with E-state index >= 15 is 0 Å². The van der Waals surface area contributed by atoms with Gasteiger partial charge in [0, 0.05) is 25.7 Å². The second-order valence-corrected chi connectivity index (χ2v) is 7.41. The molecule has 4 rings (SSSR count). The van der Waals surface area contributed by atoms with E-state index in [0.29, 0.717) is 44.6 Å². The highest BCUT2D eigenvalue weighted by molar-refractivity contribution is 5.91. The molecule has 0 saturated carbocycles. The largest absolute Gasteiger partial charge is 0.459 e. The maximum absolute atomic E-state index is 12.5. The molecule has 0 atom stereocenters. The molecule has 0 radical (unpaired) electrons. The van der Waals surface area contributed by atoms with E-state index in [0.717, 1.165) is 12.8 Å². The molecule has 142 valence electrons. The van der Waals surface area contributed by atoms with Gasteiger partial charge in [0.05, 0.1) is 19.5 Å². The van der Waals surface area contributed by atoms with Crippen LogP contribution in [0.5, 0.6) is 0 Å². The normalized spacial score (nSPS) is 19.1. The quantitative estimate of drug-likeness (QED) is 0.833. The zero-order chi connectivity index (χ0) is 18.8. The Morgan fingerprint density at radius 3 is 2.63 bits per heavy atom. The Kier molecular flexibility index (Phi) is 4.99. The first-order valence-electron chi connectivity index (χ1n) is 9.51. The zero-order valence-corrected chi connectivity index (χ0v) is 15.6. The number of piperidine rings is 1. The third kappa shape index (κ3) is 3.76. The van der Waals surface area contributed by atoms with Crippen molar-refractivity contribution in [1.82, 2.24) is 14.7 Å². The van der Waals surface area contributed by atoms with Gasteiger partial charge in [-0.25, -0.2) is 0 Å². The van der Waals surface area contributed by atoms with Crippen molar-refractivity contribution < 1.29 is 14.0 Å². The van der Waals surface area contributed by atoms with Gasteiger partial charge in [-0.05, 0) is 43.0 Å². The van der Waals surface area contributed by atoms with Gasteiger partial charge in [0.1, 0.15) is 0 Å². The fourth-order valence-electron chi connectivity index (χ4n) is 3.99. The van der Waals surface area contributed by atoms with Crippen LogP contribution in [-0.4, -0.2) is 58.9 Å². The minimum absolute atomic E-state index is 0.0443. The Labute approximate surface area is 159 Å². The Morgan fingerprint density at radius 1 is 1.15 bits per heavy atom. The van der Waals surface area contributed by atoms with Gasteiger partial charge in [-0.2, -0.15) is 0 Å². The van der Waals surface area contributed by atoms with Crippen molar-refractivity contribution in [3.8, 4) is 0 Å². The number of furan rings is 1. The number of benzene rings is 1. The van der Waals surface area contributed by atoms with Gasteiger partial charge in [0.2, 0.25) is 5.91 Å². The monoisotopic (exact) mass is 367 g/mol. The summed E-state index contributed by atoms with van der Waals surface area (Å²) in [5, 5.41) is 0. The van der Waals surface area contributed by atoms with E-state index in [2.05, 4.69) is 24.0 Å². The summed E-state index contributed by atoms with van der Waals surface area (Å²) in [7, 11) is 0. The number of hydrogen-bond donors (Lipinski definition) is 0. The molecule has 27 heavy (non-hydrogen) atoms. The number of carbonyl (C=O) groups is 2. The van der Waals surface area contributed by atoms with Crippen LogP contribution in [-0.2, 0) is 11.3 Å². The van der Waals surface area contributed by atoms with Crippen LogP contribution in [0, 0.1) is 6.92 Å². The summed E-state index contributed by atoms with van der Waals surface area (Å²) in [6.45, 7) is 5.29. The molecule has 0 N–H and O–H groups in total. The summed E-state index contributed by atoms with van der Waals surface area (Å²) in [6, 6.07) is 12.0. The molecule has 1 aromatic carbocycles. The van der Waals surface area contributed by atoms with Crippen molar-refractivity contribution in [2.45, 2.75) is 32.4 Å². The van der Waals surface area contributed by atoms with Gasteiger partial charge in [-0.15, -0.1) is 0 Å². The fraction of sp³-hybridized carbons (Fsp3) is 0.429. The molecule has 2 aliphatic rings. The molecular formula is C21H25N3O3. The van der Waals surface area contributed by atoms with Crippen molar-refractivity contribution in [3.63, 3.8) is 0 Å². The topological polar surface area (TPSA) is 57.0 Å². The molecule has 6 heteroatoms. The molecule has 2 aliphatic heterocycles. The fourth-order valence-corrected chi connectivity index (χ4v) is 3.99. The van der Waals surface area contributed by atoms with Crippen LogP contribution >= 0.6 is 0 Å². The van der Waals surface area contributed by atoms with E-state index in [9.17, 15) is 9.59 Å². The first-order valence-corrected chi connectivity index (χ1v) is 9.51. The smallest absolute Gasteiger partial charge is 0.289 e. The van der Waals surface area contributed by atoms with Crippen molar-refractivity contribution in [2.24, 2.45) is 0 Å². The SMILES string of the molecule is Cc1ccccc1CN1CN(C2CCN(C(=O)c3ccco3)CC2)CC1=O. The van der Waals surface area contributed by atoms with Gasteiger partial charge in [0.15, 0.2) is 5.76 Å². The van der Waals surface area contributed by atoms with Gasteiger partial charge < -0.3 is 14.2 Å². The average molecular weight is 367 g/mol. The molecule has 2 amide bonds. The standard InChI is InChI=1S/C21H25N3O3/c1-16-5-2-3-6-17(16)13-24-15-23(14-20(24)25)18-8-10-22(11-9-18)21(26)19-7-4-12-27-19/h2-7,12,18H,8-11,13-15H2,1H3. The molecule has 2 saturated heterocycles. The van der Waals surface area contributed by atoms with E-state index in [1.54, 1.807) is 12.1 Å². The maximum Gasteiger partial charge on any atom is 0.289 e. The van der Waals surface area contributed by atoms with Gasteiger partial charge in [-0.3, -0.25) is 14.5 Å². The molecule has 3 heterocycles. The van der Waals surface area contributed by atoms with E-state index in [4.69, 9.17) is 4.42 Å². The Balaban J connectivity index is 1.32. The molecule has 6 nitrogen and oxygen atoms in total. The molecule has 0 bridgehead atoms. The minimum Gasteiger partial charge on any atom is -0.459 e. The lowest BCUT2D eigenvalue weighted by Crippen LogP contribution is -2.46. The van der Waals surface area contributed by atoms with Crippen LogP contribution in [0.25, 0.3) is 0 Å². The molecule has 0 spiro atoms. The molecule has 0 unspecified atom stereocenters. The van der Waals surface area contributed by atoms with Gasteiger partial charge >= 0.3 is 0 Å². The number of likely N-dealkylation sites (tertiary alicyclic amines) is 1. The number of hydrogen-bond acceptors (Lipinski definition) is 4. The highest BCUT2D eigenvalue weighted by Crippen LogP contribution is 2.23. The molecule has 2 aromatic rings. The van der Waals surface area contributed by atoms with Crippen LogP contribution in [0.15, 0.2) is 47.1 Å². The first kappa shape index (κ1) is 17.8. The molecule has 2 fully saturated rings. The van der Waals surface area contributed by atoms with E-state index in [1.165, 1.54) is 17.4 Å². The Hall–Kier alpha value is -2.60. The number of aryl methyl sites for hydroxylation is 1. The van der Waals surface area contributed by atoms with E-state index in [1.807, 2.05) is 21.9 Å². The number of carbonyl (C=O) groups excluding carboxylic acids is 2. The van der Waals surface area contributed by atoms with Crippen molar-refractivity contribution >= 4 is 11.8 Å². The second kappa shape index (κ2) is 7.56. The first-order chi connectivity index (χ1) is 13.1. The van der Waals surface area contributed by atoms with E-state index < -0.39 is 0 Å². The second-order valence-electron chi connectivity index (χ2n) is 7.41. The van der Waals surface area contributed by atoms with Crippen molar-refractivity contribution in [2.75, 3.05) is 26.3 Å². The molecule has 1 aromatic heterocycles. The van der Waals surface area contributed by atoms with Gasteiger partial charge in [-0.1, -0.05) is 24.3 Å². The van der Waals surface area contributed by atoms with Crippen LogP contribution in [0.4, 0.5) is 0 Å². The summed E-state index contributed by atoms with van der Waals surface area (Å²) >= 11 is 0. The lowest BCUT2D eigenvalue weighted by molar-refractivity contribution is -0.127. The highest BCUT2D eigenvalue weighted by atomic mass is 16.3. The van der Waals surface area contributed by atoms with Crippen molar-refractivity contribution in [3.05, 3.63) is 59.5 Å². The number of rotatable bonds is 4. The lowest BCUT2D eigenvalue weighted by Gasteiger charge is -2.36. The zero-order valence-electron chi connectivity index (χ0n) is 15.6. The summed E-state index contributed by atoms with van der Waals surface area (Å²) in [5.41, 5.74) is 2.42. The Bertz CT molecular complexity index is 810. The summed E-state index contributed by atoms with van der Waals surface area (Å²) in [4.78, 5) is 30.9. The predicted molar refractivity (Wildman–Crippen MR) is 101 cm³/mol.